The summed E-state index contributed by atoms with van der Waals surface area (Å²) in [7, 11) is -2.98. The van der Waals surface area contributed by atoms with Gasteiger partial charge in [0, 0.05) is 10.9 Å². The van der Waals surface area contributed by atoms with Gasteiger partial charge in [0.05, 0.1) is 15.6 Å². The maximum atomic E-state index is 12.4. The second-order valence-electron chi connectivity index (χ2n) is 3.78. The highest BCUT2D eigenvalue weighted by molar-refractivity contribution is 7.47. The lowest BCUT2D eigenvalue weighted by Crippen LogP contribution is -2.13. The van der Waals surface area contributed by atoms with Crippen LogP contribution >= 0.6 is 31.2 Å². The van der Waals surface area contributed by atoms with E-state index in [4.69, 9.17) is 23.2 Å². The Morgan fingerprint density at radius 2 is 1.58 bits per heavy atom. The highest BCUT2D eigenvalue weighted by atomic mass is 35.5. The Bertz CT molecular complexity index is 650. The number of hydrogen-bond acceptors (Lipinski definition) is 2. The molecular weight excluding hydrogens is 306 g/mol. The minimum atomic E-state index is -2.98. The molecule has 0 amide bonds. The molecule has 98 valence electrons. The highest BCUT2D eigenvalue weighted by Crippen LogP contribution is 2.28. The maximum absolute atomic E-state index is 12.4. The summed E-state index contributed by atoms with van der Waals surface area (Å²) in [6, 6.07) is 10.9. The fraction of sp³-hybridized carbons (Fsp3) is 0. The van der Waals surface area contributed by atoms with Gasteiger partial charge in [-0.25, -0.2) is 0 Å². The number of rotatable bonds is 3. The van der Waals surface area contributed by atoms with Gasteiger partial charge in [0.2, 0.25) is 8.03 Å². The van der Waals surface area contributed by atoms with Crippen LogP contribution in [0, 0.1) is 0 Å². The Labute approximate surface area is 120 Å². The normalized spacial score (nSPS) is 12.2. The first-order valence-corrected chi connectivity index (χ1v) is 7.44. The molecule has 1 unspecified atom stereocenters. The van der Waals surface area contributed by atoms with E-state index >= 15 is 0 Å². The van der Waals surface area contributed by atoms with E-state index in [0.29, 0.717) is 0 Å². The van der Waals surface area contributed by atoms with Crippen molar-refractivity contribution in [2.24, 2.45) is 0 Å². The van der Waals surface area contributed by atoms with E-state index in [1.54, 1.807) is 30.3 Å². The van der Waals surface area contributed by atoms with Gasteiger partial charge in [-0.2, -0.15) is 0 Å². The molecule has 0 bridgehead atoms. The van der Waals surface area contributed by atoms with Crippen molar-refractivity contribution in [3.8, 4) is 0 Å². The van der Waals surface area contributed by atoms with Crippen molar-refractivity contribution < 1.29 is 14.3 Å². The summed E-state index contributed by atoms with van der Waals surface area (Å²) in [4.78, 5) is 21.7. The Morgan fingerprint density at radius 1 is 1.00 bits per heavy atom. The maximum Gasteiger partial charge on any atom is 0.218 e. The molecule has 0 aromatic heterocycles. The summed E-state index contributed by atoms with van der Waals surface area (Å²) in [5, 5.41) is 0.531. The van der Waals surface area contributed by atoms with Crippen LogP contribution in [0.4, 0.5) is 0 Å². The predicted molar refractivity (Wildman–Crippen MR) is 77.2 cm³/mol. The van der Waals surface area contributed by atoms with Gasteiger partial charge in [0.15, 0.2) is 5.78 Å². The van der Waals surface area contributed by atoms with Crippen LogP contribution in [0.3, 0.4) is 0 Å². The molecule has 0 fully saturated rings. The Balaban J connectivity index is 2.60. The van der Waals surface area contributed by atoms with Crippen LogP contribution < -0.4 is 5.30 Å². The number of benzene rings is 2. The van der Waals surface area contributed by atoms with Crippen molar-refractivity contribution in [1.82, 2.24) is 0 Å². The van der Waals surface area contributed by atoms with Crippen LogP contribution in [-0.2, 0) is 4.57 Å². The standard InChI is InChI=1S/C13H9Cl2O3P/c14-9-5-3-6-10(15)12(9)13(16)8-4-1-2-7-11(8)19(17)18/h1-7,19H,(H,17,18). The lowest BCUT2D eigenvalue weighted by Gasteiger charge is -2.08. The summed E-state index contributed by atoms with van der Waals surface area (Å²) >= 11 is 11.9. The van der Waals surface area contributed by atoms with Gasteiger partial charge in [-0.3, -0.25) is 9.36 Å². The van der Waals surface area contributed by atoms with E-state index < -0.39 is 13.8 Å². The number of carbonyl (C=O) groups is 1. The quantitative estimate of drug-likeness (QED) is 0.698. The molecule has 6 heteroatoms. The monoisotopic (exact) mass is 314 g/mol. The van der Waals surface area contributed by atoms with E-state index in [0.717, 1.165) is 0 Å². The van der Waals surface area contributed by atoms with Crippen molar-refractivity contribution in [2.45, 2.75) is 0 Å². The third-order valence-electron chi connectivity index (χ3n) is 2.59. The van der Waals surface area contributed by atoms with Gasteiger partial charge in [-0.1, -0.05) is 47.5 Å². The van der Waals surface area contributed by atoms with Gasteiger partial charge in [-0.05, 0) is 18.2 Å². The van der Waals surface area contributed by atoms with Crippen LogP contribution in [0.25, 0.3) is 0 Å². The molecule has 0 aliphatic rings. The van der Waals surface area contributed by atoms with Crippen molar-refractivity contribution in [3.05, 3.63) is 63.6 Å². The summed E-state index contributed by atoms with van der Waals surface area (Å²) in [5.41, 5.74) is 0.283. The molecule has 19 heavy (non-hydrogen) atoms. The summed E-state index contributed by atoms with van der Waals surface area (Å²) in [5.74, 6) is -0.460. The topological polar surface area (TPSA) is 54.4 Å². The second-order valence-corrected chi connectivity index (χ2v) is 5.74. The second kappa shape index (κ2) is 5.89. The number of carbonyl (C=O) groups excluding carboxylic acids is 1. The van der Waals surface area contributed by atoms with Crippen molar-refractivity contribution >= 4 is 42.3 Å². The van der Waals surface area contributed by atoms with E-state index in [-0.39, 0.29) is 26.5 Å². The molecule has 0 saturated heterocycles. The molecule has 2 aromatic carbocycles. The average Bonchev–Trinajstić information content (AvgIpc) is 2.38. The number of ketones is 1. The predicted octanol–water partition coefficient (Wildman–Crippen LogP) is 3.32. The van der Waals surface area contributed by atoms with Gasteiger partial charge in [-0.15, -0.1) is 0 Å². The molecule has 0 aliphatic heterocycles. The van der Waals surface area contributed by atoms with Crippen molar-refractivity contribution in [3.63, 3.8) is 0 Å². The zero-order chi connectivity index (χ0) is 14.0. The zero-order valence-electron chi connectivity index (χ0n) is 9.56. The number of hydrogen-bond donors (Lipinski definition) is 1. The van der Waals surface area contributed by atoms with Crippen molar-refractivity contribution in [1.29, 1.82) is 0 Å². The molecule has 0 radical (unpaired) electrons. The van der Waals surface area contributed by atoms with Crippen LogP contribution in [0.2, 0.25) is 10.0 Å². The molecule has 1 N–H and O–H groups in total. The SMILES string of the molecule is O=C(c1ccccc1[PH](=O)O)c1c(Cl)cccc1Cl. The third-order valence-corrected chi connectivity index (χ3v) is 4.12. The minimum absolute atomic E-state index is 0.105. The molecular formula is C13H9Cl2O3P. The fourth-order valence-corrected chi connectivity index (χ4v) is 2.95. The third kappa shape index (κ3) is 2.90. The minimum Gasteiger partial charge on any atom is -0.343 e. The summed E-state index contributed by atoms with van der Waals surface area (Å²) < 4.78 is 11.3. The molecule has 0 aliphatic carbocycles. The lowest BCUT2D eigenvalue weighted by atomic mass is 10.0. The fourth-order valence-electron chi connectivity index (χ4n) is 1.72. The molecule has 2 rings (SSSR count). The van der Waals surface area contributed by atoms with Gasteiger partial charge in [0.25, 0.3) is 0 Å². The largest absolute Gasteiger partial charge is 0.343 e. The lowest BCUT2D eigenvalue weighted by molar-refractivity contribution is 0.104. The molecule has 0 saturated carbocycles. The van der Waals surface area contributed by atoms with Crippen LogP contribution in [-0.4, -0.2) is 10.7 Å². The first-order chi connectivity index (χ1) is 9.02. The first-order valence-electron chi connectivity index (χ1n) is 5.33. The Kier molecular flexibility index (Phi) is 4.43. The highest BCUT2D eigenvalue weighted by Gasteiger charge is 2.20. The molecule has 0 heterocycles. The van der Waals surface area contributed by atoms with E-state index in [1.807, 2.05) is 0 Å². The van der Waals surface area contributed by atoms with Crippen LogP contribution in [0.5, 0.6) is 0 Å². The van der Waals surface area contributed by atoms with E-state index in [1.165, 1.54) is 12.1 Å². The summed E-state index contributed by atoms with van der Waals surface area (Å²) in [6.45, 7) is 0. The van der Waals surface area contributed by atoms with Gasteiger partial charge in [0.1, 0.15) is 0 Å². The average molecular weight is 315 g/mol. The molecule has 2 aromatic rings. The van der Waals surface area contributed by atoms with Gasteiger partial charge < -0.3 is 4.89 Å². The first kappa shape index (κ1) is 14.3. The van der Waals surface area contributed by atoms with Crippen molar-refractivity contribution in [2.75, 3.05) is 0 Å². The Morgan fingerprint density at radius 3 is 2.16 bits per heavy atom. The molecule has 1 atom stereocenters. The van der Waals surface area contributed by atoms with Gasteiger partial charge >= 0.3 is 0 Å². The molecule has 3 nitrogen and oxygen atoms in total. The van der Waals surface area contributed by atoms with E-state index in [2.05, 4.69) is 0 Å². The zero-order valence-corrected chi connectivity index (χ0v) is 12.1. The Hall–Kier alpha value is -1.12. The van der Waals surface area contributed by atoms with Crippen LogP contribution in [0.15, 0.2) is 42.5 Å². The smallest absolute Gasteiger partial charge is 0.218 e. The summed E-state index contributed by atoms with van der Waals surface area (Å²) in [6.07, 6.45) is 0. The van der Waals surface area contributed by atoms with Crippen LogP contribution in [0.1, 0.15) is 15.9 Å². The molecule has 0 spiro atoms. The number of halogens is 2. The van der Waals surface area contributed by atoms with E-state index in [9.17, 15) is 14.3 Å².